The second-order valence-electron chi connectivity index (χ2n) is 3.45. The highest BCUT2D eigenvalue weighted by atomic mass is 35.5. The van der Waals surface area contributed by atoms with Crippen molar-refractivity contribution in [1.82, 2.24) is 0 Å². The minimum absolute atomic E-state index is 0.0210. The van der Waals surface area contributed by atoms with Crippen LogP contribution in [-0.4, -0.2) is 10.8 Å². The number of nitriles is 1. The molecule has 0 N–H and O–H groups in total. The van der Waals surface area contributed by atoms with E-state index in [1.807, 2.05) is 24.3 Å². The highest BCUT2D eigenvalue weighted by molar-refractivity contribution is 6.24. The van der Waals surface area contributed by atoms with Crippen LogP contribution in [0, 0.1) is 11.3 Å². The van der Waals surface area contributed by atoms with Gasteiger partial charge in [0.15, 0.2) is 0 Å². The first kappa shape index (κ1) is 12.4. The van der Waals surface area contributed by atoms with Gasteiger partial charge in [-0.3, -0.25) is 0 Å². The van der Waals surface area contributed by atoms with Gasteiger partial charge in [-0.15, -0.1) is 23.2 Å². The first-order chi connectivity index (χ1) is 7.22. The third-order valence-corrected chi connectivity index (χ3v) is 2.86. The molecular formula is C12H13Cl2N. The first-order valence-corrected chi connectivity index (χ1v) is 5.81. The summed E-state index contributed by atoms with van der Waals surface area (Å²) in [6.45, 7) is 0. The van der Waals surface area contributed by atoms with E-state index in [9.17, 15) is 0 Å². The third kappa shape index (κ3) is 5.06. The molecule has 2 atom stereocenters. The fourth-order valence-electron chi connectivity index (χ4n) is 1.36. The Bertz CT molecular complexity index is 318. The summed E-state index contributed by atoms with van der Waals surface area (Å²) in [4.78, 5) is 0. The topological polar surface area (TPSA) is 23.8 Å². The molecule has 1 aromatic rings. The Morgan fingerprint density at radius 1 is 1.20 bits per heavy atom. The maximum absolute atomic E-state index is 8.53. The lowest BCUT2D eigenvalue weighted by Gasteiger charge is -2.09. The lowest BCUT2D eigenvalue weighted by atomic mass is 10.1. The number of alkyl halides is 2. The van der Waals surface area contributed by atoms with Crippen LogP contribution in [0.15, 0.2) is 30.3 Å². The van der Waals surface area contributed by atoms with E-state index in [-0.39, 0.29) is 5.38 Å². The van der Waals surface area contributed by atoms with E-state index >= 15 is 0 Å². The van der Waals surface area contributed by atoms with Crippen LogP contribution in [0.1, 0.15) is 18.4 Å². The van der Waals surface area contributed by atoms with Gasteiger partial charge < -0.3 is 0 Å². The Labute approximate surface area is 101 Å². The molecule has 0 saturated carbocycles. The number of hydrogen-bond acceptors (Lipinski definition) is 1. The number of aryl methyl sites for hydroxylation is 1. The summed E-state index contributed by atoms with van der Waals surface area (Å²) in [5.74, 6) is 0. The fraction of sp³-hybridized carbons (Fsp3) is 0.417. The highest BCUT2D eigenvalue weighted by Crippen LogP contribution is 2.16. The van der Waals surface area contributed by atoms with Crippen molar-refractivity contribution in [2.75, 3.05) is 0 Å². The zero-order chi connectivity index (χ0) is 11.1. The van der Waals surface area contributed by atoms with Crippen LogP contribution >= 0.6 is 23.2 Å². The average Bonchev–Trinajstić information content (AvgIpc) is 2.27. The van der Waals surface area contributed by atoms with E-state index in [4.69, 9.17) is 28.5 Å². The van der Waals surface area contributed by atoms with Gasteiger partial charge in [0.1, 0.15) is 5.38 Å². The van der Waals surface area contributed by atoms with Crippen molar-refractivity contribution >= 4 is 23.2 Å². The molecule has 0 heterocycles. The van der Waals surface area contributed by atoms with Crippen molar-refractivity contribution in [3.05, 3.63) is 35.9 Å². The van der Waals surface area contributed by atoms with Crippen molar-refractivity contribution in [3.8, 4) is 6.07 Å². The summed E-state index contributed by atoms with van der Waals surface area (Å²) in [7, 11) is 0. The van der Waals surface area contributed by atoms with Gasteiger partial charge in [-0.25, -0.2) is 0 Å². The van der Waals surface area contributed by atoms with Gasteiger partial charge >= 0.3 is 0 Å². The molecule has 0 aliphatic rings. The van der Waals surface area contributed by atoms with Gasteiger partial charge in [0.2, 0.25) is 0 Å². The normalized spacial score (nSPS) is 14.2. The maximum atomic E-state index is 8.53. The number of hydrogen-bond donors (Lipinski definition) is 0. The molecule has 80 valence electrons. The van der Waals surface area contributed by atoms with Crippen LogP contribution in [0.25, 0.3) is 0 Å². The van der Waals surface area contributed by atoms with Crippen molar-refractivity contribution in [2.24, 2.45) is 0 Å². The zero-order valence-electron chi connectivity index (χ0n) is 8.37. The van der Waals surface area contributed by atoms with Crippen LogP contribution < -0.4 is 0 Å². The maximum Gasteiger partial charge on any atom is 0.122 e. The molecule has 1 aromatic carbocycles. The smallest absolute Gasteiger partial charge is 0.122 e. The summed E-state index contributed by atoms with van der Waals surface area (Å²) >= 11 is 11.8. The number of benzene rings is 1. The second-order valence-corrected chi connectivity index (χ2v) is 4.60. The Balaban J connectivity index is 2.29. The van der Waals surface area contributed by atoms with Gasteiger partial charge in [0, 0.05) is 5.38 Å². The lowest BCUT2D eigenvalue weighted by molar-refractivity contribution is 0.703. The van der Waals surface area contributed by atoms with Crippen molar-refractivity contribution in [2.45, 2.75) is 30.0 Å². The third-order valence-electron chi connectivity index (χ3n) is 2.19. The Kier molecular flexibility index (Phi) is 5.53. The molecule has 0 radical (unpaired) electrons. The van der Waals surface area contributed by atoms with Crippen LogP contribution in [0.2, 0.25) is 0 Å². The number of halogens is 2. The molecule has 0 aromatic heterocycles. The SMILES string of the molecule is N#CC(Cl)CC(Cl)CCc1ccccc1. The monoisotopic (exact) mass is 241 g/mol. The predicted octanol–water partition coefficient (Wildman–Crippen LogP) is 3.75. The quantitative estimate of drug-likeness (QED) is 0.721. The Morgan fingerprint density at radius 2 is 1.87 bits per heavy atom. The van der Waals surface area contributed by atoms with Crippen molar-refractivity contribution in [3.63, 3.8) is 0 Å². The van der Waals surface area contributed by atoms with Crippen molar-refractivity contribution < 1.29 is 0 Å². The van der Waals surface area contributed by atoms with Crippen LogP contribution in [-0.2, 0) is 6.42 Å². The first-order valence-electron chi connectivity index (χ1n) is 4.94. The van der Waals surface area contributed by atoms with E-state index in [0.29, 0.717) is 6.42 Å². The molecular weight excluding hydrogens is 229 g/mol. The van der Waals surface area contributed by atoms with E-state index in [2.05, 4.69) is 12.1 Å². The van der Waals surface area contributed by atoms with Crippen molar-refractivity contribution in [1.29, 1.82) is 5.26 Å². The molecule has 2 unspecified atom stereocenters. The average molecular weight is 242 g/mol. The summed E-state index contributed by atoms with van der Waals surface area (Å²) in [6.07, 6.45) is 2.34. The minimum atomic E-state index is -0.469. The van der Waals surface area contributed by atoms with Crippen LogP contribution in [0.4, 0.5) is 0 Å². The number of rotatable bonds is 5. The zero-order valence-corrected chi connectivity index (χ0v) is 9.88. The molecule has 3 heteroatoms. The Hall–Kier alpha value is -0.710. The summed E-state index contributed by atoms with van der Waals surface area (Å²) in [5.41, 5.74) is 1.27. The van der Waals surface area contributed by atoms with E-state index in [1.165, 1.54) is 5.56 Å². The van der Waals surface area contributed by atoms with Crippen LogP contribution in [0.5, 0.6) is 0 Å². The standard InChI is InChI=1S/C12H13Cl2N/c13-11(8-12(14)9-15)7-6-10-4-2-1-3-5-10/h1-5,11-12H,6-8H2. The highest BCUT2D eigenvalue weighted by Gasteiger charge is 2.11. The molecule has 15 heavy (non-hydrogen) atoms. The van der Waals surface area contributed by atoms with Gasteiger partial charge in [-0.1, -0.05) is 30.3 Å². The summed E-state index contributed by atoms with van der Waals surface area (Å²) < 4.78 is 0. The van der Waals surface area contributed by atoms with Crippen LogP contribution in [0.3, 0.4) is 0 Å². The van der Waals surface area contributed by atoms with Gasteiger partial charge in [-0.05, 0) is 24.8 Å². The molecule has 0 bridgehead atoms. The molecule has 0 spiro atoms. The molecule has 0 aliphatic carbocycles. The molecule has 0 amide bonds. The van der Waals surface area contributed by atoms with Gasteiger partial charge in [0.25, 0.3) is 0 Å². The molecule has 0 fully saturated rings. The number of nitrogens with zero attached hydrogens (tertiary/aromatic N) is 1. The largest absolute Gasteiger partial charge is 0.197 e. The Morgan fingerprint density at radius 3 is 2.47 bits per heavy atom. The van der Waals surface area contributed by atoms with E-state index < -0.39 is 5.38 Å². The second kappa shape index (κ2) is 6.71. The molecule has 1 rings (SSSR count). The summed E-state index contributed by atoms with van der Waals surface area (Å²) in [6, 6.07) is 12.1. The fourth-order valence-corrected chi connectivity index (χ4v) is 1.96. The minimum Gasteiger partial charge on any atom is -0.197 e. The summed E-state index contributed by atoms with van der Waals surface area (Å²) in [5, 5.41) is 8.04. The predicted molar refractivity (Wildman–Crippen MR) is 64.3 cm³/mol. The molecule has 0 saturated heterocycles. The lowest BCUT2D eigenvalue weighted by Crippen LogP contribution is -2.07. The molecule has 1 nitrogen and oxygen atoms in total. The van der Waals surface area contributed by atoms with E-state index in [1.54, 1.807) is 0 Å². The van der Waals surface area contributed by atoms with Gasteiger partial charge in [-0.2, -0.15) is 5.26 Å². The van der Waals surface area contributed by atoms with E-state index in [0.717, 1.165) is 12.8 Å². The molecule has 0 aliphatic heterocycles. The van der Waals surface area contributed by atoms with Gasteiger partial charge in [0.05, 0.1) is 6.07 Å².